The minimum atomic E-state index is -0.193. The summed E-state index contributed by atoms with van der Waals surface area (Å²) in [5, 5.41) is 25.1. The van der Waals surface area contributed by atoms with Crippen LogP contribution in [0.1, 0.15) is 11.1 Å². The lowest BCUT2D eigenvalue weighted by Crippen LogP contribution is -2.47. The van der Waals surface area contributed by atoms with Crippen molar-refractivity contribution in [3.05, 3.63) is 124 Å². The predicted molar refractivity (Wildman–Crippen MR) is 140 cm³/mol. The number of nitrogens with one attached hydrogen (secondary N) is 4. The zero-order chi connectivity index (χ0) is 24.4. The Morgan fingerprint density at radius 2 is 1.74 bits per heavy atom. The van der Waals surface area contributed by atoms with Gasteiger partial charge >= 0.3 is 0 Å². The molecule has 0 spiro atoms. The van der Waals surface area contributed by atoms with Gasteiger partial charge in [0.2, 0.25) is 0 Å². The number of nitrogens with zero attached hydrogens (tertiary/aromatic N) is 2. The lowest BCUT2D eigenvalue weighted by Gasteiger charge is -2.37. The smallest absolute Gasteiger partial charge is 0.154 e. The van der Waals surface area contributed by atoms with Crippen LogP contribution >= 0.6 is 11.6 Å². The van der Waals surface area contributed by atoms with Crippen LogP contribution in [0.25, 0.3) is 5.69 Å². The summed E-state index contributed by atoms with van der Waals surface area (Å²) in [4.78, 5) is 1.90. The second kappa shape index (κ2) is 9.66. The Balaban J connectivity index is 1.54. The number of aromatic nitrogens is 1. The SMILES string of the molecule is N=C1c2ccn(-c3cccc(Cl)c3)c(=N)c2NC(=C2C=CNC=C2)N1C[C@H](N)Cc1ccccc1. The number of rotatable bonds is 5. The van der Waals surface area contributed by atoms with Crippen molar-refractivity contribution in [3.8, 4) is 5.69 Å². The summed E-state index contributed by atoms with van der Waals surface area (Å²) in [6.07, 6.45) is 10.0. The monoisotopic (exact) mass is 483 g/mol. The van der Waals surface area contributed by atoms with Crippen molar-refractivity contribution in [2.45, 2.75) is 12.5 Å². The highest BCUT2D eigenvalue weighted by molar-refractivity contribution is 6.30. The molecule has 0 unspecified atom stereocenters. The molecule has 35 heavy (non-hydrogen) atoms. The molecule has 0 fully saturated rings. The molecule has 0 saturated carbocycles. The predicted octanol–water partition coefficient (Wildman–Crippen LogP) is 4.08. The van der Waals surface area contributed by atoms with Crippen molar-refractivity contribution in [1.29, 1.82) is 10.8 Å². The van der Waals surface area contributed by atoms with E-state index >= 15 is 0 Å². The van der Waals surface area contributed by atoms with Crippen LogP contribution in [0.15, 0.2) is 103 Å². The van der Waals surface area contributed by atoms with E-state index in [1.807, 2.05) is 71.9 Å². The minimum Gasteiger partial charge on any atom is -0.368 e. The first-order valence-electron chi connectivity index (χ1n) is 11.3. The lowest BCUT2D eigenvalue weighted by atomic mass is 10.0. The molecule has 2 aromatic carbocycles. The van der Waals surface area contributed by atoms with Crippen LogP contribution in [0.4, 0.5) is 5.69 Å². The highest BCUT2D eigenvalue weighted by atomic mass is 35.5. The van der Waals surface area contributed by atoms with E-state index < -0.39 is 0 Å². The summed E-state index contributed by atoms with van der Waals surface area (Å²) in [5.74, 6) is 1.02. The molecule has 1 atom stereocenters. The molecule has 2 aliphatic heterocycles. The average molecular weight is 484 g/mol. The number of fused-ring (bicyclic) bond motifs is 1. The van der Waals surface area contributed by atoms with Crippen molar-refractivity contribution >= 4 is 23.1 Å². The fraction of sp³-hybridized carbons (Fsp3) is 0.111. The van der Waals surface area contributed by atoms with Gasteiger partial charge in [-0.15, -0.1) is 0 Å². The van der Waals surface area contributed by atoms with E-state index in [1.54, 1.807) is 16.8 Å². The second-order valence-electron chi connectivity index (χ2n) is 8.47. The quantitative estimate of drug-likeness (QED) is 0.377. The molecule has 3 aromatic rings. The van der Waals surface area contributed by atoms with Crippen LogP contribution in [0, 0.1) is 10.8 Å². The molecule has 0 saturated heterocycles. The molecule has 0 bridgehead atoms. The highest BCUT2D eigenvalue weighted by Crippen LogP contribution is 2.28. The number of benzene rings is 2. The maximum Gasteiger partial charge on any atom is 0.154 e. The minimum absolute atomic E-state index is 0.193. The van der Waals surface area contributed by atoms with Gasteiger partial charge in [0.05, 0.1) is 5.69 Å². The molecule has 8 heteroatoms. The van der Waals surface area contributed by atoms with E-state index in [0.717, 1.165) is 22.6 Å². The Morgan fingerprint density at radius 3 is 2.49 bits per heavy atom. The summed E-state index contributed by atoms with van der Waals surface area (Å²) in [7, 11) is 0. The third kappa shape index (κ3) is 4.64. The first-order chi connectivity index (χ1) is 17.0. The molecular formula is C27H26ClN7. The number of pyridine rings is 1. The summed E-state index contributed by atoms with van der Waals surface area (Å²) in [6, 6.07) is 19.2. The van der Waals surface area contributed by atoms with Crippen molar-refractivity contribution < 1.29 is 0 Å². The zero-order valence-corrected chi connectivity index (χ0v) is 19.8. The maximum absolute atomic E-state index is 9.07. The van der Waals surface area contributed by atoms with E-state index in [1.165, 1.54) is 0 Å². The number of allylic oxidation sites excluding steroid dienone is 3. The normalized spacial score (nSPS) is 15.5. The van der Waals surface area contributed by atoms with Gasteiger partial charge in [0.1, 0.15) is 11.7 Å². The van der Waals surface area contributed by atoms with Crippen LogP contribution in [0.2, 0.25) is 5.02 Å². The Morgan fingerprint density at radius 1 is 0.971 bits per heavy atom. The van der Waals surface area contributed by atoms with Crippen LogP contribution in [-0.4, -0.2) is 27.9 Å². The van der Waals surface area contributed by atoms with E-state index in [4.69, 9.17) is 28.2 Å². The van der Waals surface area contributed by atoms with Gasteiger partial charge in [0.15, 0.2) is 5.49 Å². The van der Waals surface area contributed by atoms with E-state index in [9.17, 15) is 0 Å². The van der Waals surface area contributed by atoms with Gasteiger partial charge in [0, 0.05) is 53.0 Å². The molecule has 176 valence electrons. The third-order valence-corrected chi connectivity index (χ3v) is 6.25. The number of nitrogens with two attached hydrogens (primary N) is 1. The molecule has 0 amide bonds. The number of halogens is 1. The van der Waals surface area contributed by atoms with Gasteiger partial charge in [-0.25, -0.2) is 0 Å². The van der Waals surface area contributed by atoms with Crippen LogP contribution in [0.5, 0.6) is 0 Å². The van der Waals surface area contributed by atoms with E-state index in [0.29, 0.717) is 35.1 Å². The standard InChI is InChI=1S/C27H26ClN7/c28-20-7-4-8-22(16-20)34-14-11-23-24(26(34)31)33-27(19-9-12-32-13-10-19)35(25(23)30)17-21(29)15-18-5-2-1-3-6-18/h1-14,16,21,30-33H,15,17,29H2/t21-/m1/s1. The van der Waals surface area contributed by atoms with E-state index in [2.05, 4.69) is 22.8 Å². The molecule has 7 nitrogen and oxygen atoms in total. The second-order valence-corrected chi connectivity index (χ2v) is 8.91. The Labute approximate surface area is 208 Å². The summed E-state index contributed by atoms with van der Waals surface area (Å²) in [6.45, 7) is 0.449. The molecule has 0 aliphatic carbocycles. The first kappa shape index (κ1) is 22.7. The number of hydrogen-bond donors (Lipinski definition) is 5. The van der Waals surface area contributed by atoms with Crippen molar-refractivity contribution in [1.82, 2.24) is 14.8 Å². The Bertz CT molecular complexity index is 1400. The van der Waals surface area contributed by atoms with Gasteiger partial charge in [-0.1, -0.05) is 48.0 Å². The topological polar surface area (TPSA) is 106 Å². The van der Waals surface area contributed by atoms with Gasteiger partial charge in [-0.2, -0.15) is 0 Å². The van der Waals surface area contributed by atoms with Crippen molar-refractivity contribution in [2.24, 2.45) is 5.73 Å². The maximum atomic E-state index is 9.07. The average Bonchev–Trinajstić information content (AvgIpc) is 2.87. The Hall–Kier alpha value is -4.07. The van der Waals surface area contributed by atoms with E-state index in [-0.39, 0.29) is 11.5 Å². The van der Waals surface area contributed by atoms with Crippen molar-refractivity contribution in [3.63, 3.8) is 0 Å². The summed E-state index contributed by atoms with van der Waals surface area (Å²) < 4.78 is 1.75. The summed E-state index contributed by atoms with van der Waals surface area (Å²) >= 11 is 6.19. The third-order valence-electron chi connectivity index (χ3n) is 6.01. The van der Waals surface area contributed by atoms with Crippen LogP contribution in [0.3, 0.4) is 0 Å². The van der Waals surface area contributed by atoms with Crippen molar-refractivity contribution in [2.75, 3.05) is 11.9 Å². The molecule has 1 aromatic heterocycles. The van der Waals surface area contributed by atoms with Crippen LogP contribution < -0.4 is 21.9 Å². The van der Waals surface area contributed by atoms with Gasteiger partial charge < -0.3 is 25.8 Å². The molecule has 0 radical (unpaired) electrons. The number of anilines is 1. The molecular weight excluding hydrogens is 458 g/mol. The van der Waals surface area contributed by atoms with Gasteiger partial charge in [-0.3, -0.25) is 10.8 Å². The molecule has 3 heterocycles. The van der Waals surface area contributed by atoms with Gasteiger partial charge in [-0.05, 0) is 48.4 Å². The zero-order valence-electron chi connectivity index (χ0n) is 19.0. The largest absolute Gasteiger partial charge is 0.368 e. The fourth-order valence-electron chi connectivity index (χ4n) is 4.33. The molecule has 6 N–H and O–H groups in total. The fourth-order valence-corrected chi connectivity index (χ4v) is 4.52. The highest BCUT2D eigenvalue weighted by Gasteiger charge is 2.30. The molecule has 5 rings (SSSR count). The Kier molecular flexibility index (Phi) is 6.27. The van der Waals surface area contributed by atoms with Gasteiger partial charge in [0.25, 0.3) is 0 Å². The summed E-state index contributed by atoms with van der Waals surface area (Å²) in [5.41, 5.74) is 10.8. The number of amidine groups is 1. The first-order valence-corrected chi connectivity index (χ1v) is 11.7. The van der Waals surface area contributed by atoms with Crippen LogP contribution in [-0.2, 0) is 6.42 Å². The molecule has 2 aliphatic rings. The number of hydrogen-bond acceptors (Lipinski definition) is 5. The number of dihydropyridines is 1. The lowest BCUT2D eigenvalue weighted by molar-refractivity contribution is 0.447.